The van der Waals surface area contributed by atoms with Gasteiger partial charge in [-0.3, -0.25) is 9.20 Å². The Hall–Kier alpha value is -2.93. The van der Waals surface area contributed by atoms with Crippen molar-refractivity contribution in [2.75, 3.05) is 24.3 Å². The number of benzene rings is 1. The molecule has 112 valence electrons. The summed E-state index contributed by atoms with van der Waals surface area (Å²) in [6.07, 6.45) is 5.33. The molecule has 0 unspecified atom stereocenters. The fraction of sp³-hybridized carbons (Fsp3) is 0.133. The number of rotatable bonds is 4. The molecule has 1 amide bonds. The molecule has 0 atom stereocenters. The molecular weight excluding hydrogens is 282 g/mol. The Balaban J connectivity index is 1.96. The molecule has 2 aromatic heterocycles. The molecule has 2 heterocycles. The first-order valence-electron chi connectivity index (χ1n) is 6.74. The first kappa shape index (κ1) is 14.0. The molecule has 1 aromatic carbocycles. The number of imidazole rings is 1. The summed E-state index contributed by atoms with van der Waals surface area (Å²) in [5.74, 6) is 0.271. The summed E-state index contributed by atoms with van der Waals surface area (Å²) < 4.78 is 1.94. The second kappa shape index (κ2) is 5.82. The van der Waals surface area contributed by atoms with Crippen molar-refractivity contribution < 1.29 is 9.90 Å². The Bertz CT molecular complexity index is 810. The van der Waals surface area contributed by atoms with Crippen LogP contribution in [0, 0.1) is 0 Å². The number of anilines is 2. The maximum absolute atomic E-state index is 11.2. The van der Waals surface area contributed by atoms with Crippen LogP contribution in [0.25, 0.3) is 16.9 Å². The average Bonchev–Trinajstić information content (AvgIpc) is 2.99. The van der Waals surface area contributed by atoms with Crippen LogP contribution in [0.5, 0.6) is 0 Å². The molecule has 3 rings (SSSR count). The van der Waals surface area contributed by atoms with Crippen molar-refractivity contribution in [2.45, 2.75) is 0 Å². The van der Waals surface area contributed by atoms with Gasteiger partial charge in [-0.2, -0.15) is 0 Å². The Morgan fingerprint density at radius 3 is 2.73 bits per heavy atom. The summed E-state index contributed by atoms with van der Waals surface area (Å²) in [6.45, 7) is -0.533. The first-order valence-corrected chi connectivity index (χ1v) is 6.74. The molecule has 0 radical (unpaired) electrons. The number of aliphatic hydroxyl groups is 1. The van der Waals surface area contributed by atoms with Gasteiger partial charge in [0.2, 0.25) is 5.91 Å². The lowest BCUT2D eigenvalue weighted by atomic mass is 10.1. The molecule has 3 aromatic rings. The van der Waals surface area contributed by atoms with Gasteiger partial charge in [-0.1, -0.05) is 12.1 Å². The highest BCUT2D eigenvalue weighted by molar-refractivity contribution is 5.91. The molecule has 0 saturated heterocycles. The van der Waals surface area contributed by atoms with Crippen molar-refractivity contribution in [3.63, 3.8) is 0 Å². The summed E-state index contributed by atoms with van der Waals surface area (Å²) in [6, 6.07) is 7.33. The predicted octanol–water partition coefficient (Wildman–Crippen LogP) is 1.37. The van der Waals surface area contributed by atoms with E-state index in [9.17, 15) is 4.79 Å². The van der Waals surface area contributed by atoms with Gasteiger partial charge in [0.15, 0.2) is 11.5 Å². The molecule has 0 aliphatic carbocycles. The van der Waals surface area contributed by atoms with E-state index in [-0.39, 0.29) is 0 Å². The molecular formula is C15H15N5O2. The molecule has 0 aliphatic rings. The lowest BCUT2D eigenvalue weighted by molar-refractivity contribution is -0.118. The SMILES string of the molecule is CNc1nccn2c(-c3ccc(NC(=O)CO)cc3)cnc12. The molecule has 0 aliphatic heterocycles. The smallest absolute Gasteiger partial charge is 0.250 e. The Morgan fingerprint density at radius 1 is 1.27 bits per heavy atom. The quantitative estimate of drug-likeness (QED) is 0.676. The molecule has 0 spiro atoms. The minimum absolute atomic E-state index is 0.438. The van der Waals surface area contributed by atoms with E-state index >= 15 is 0 Å². The largest absolute Gasteiger partial charge is 0.387 e. The van der Waals surface area contributed by atoms with E-state index < -0.39 is 12.5 Å². The third-order valence-electron chi connectivity index (χ3n) is 3.27. The number of nitrogens with zero attached hydrogens (tertiary/aromatic N) is 3. The van der Waals surface area contributed by atoms with Gasteiger partial charge < -0.3 is 15.7 Å². The monoisotopic (exact) mass is 297 g/mol. The summed E-state index contributed by atoms with van der Waals surface area (Å²) in [4.78, 5) is 19.8. The van der Waals surface area contributed by atoms with Gasteiger partial charge in [0, 0.05) is 30.7 Å². The minimum Gasteiger partial charge on any atom is -0.387 e. The first-order chi connectivity index (χ1) is 10.7. The number of carbonyl (C=O) groups excluding carboxylic acids is 1. The maximum Gasteiger partial charge on any atom is 0.250 e. The van der Waals surface area contributed by atoms with E-state index in [0.717, 1.165) is 16.9 Å². The average molecular weight is 297 g/mol. The molecule has 0 fully saturated rings. The topological polar surface area (TPSA) is 91.5 Å². The zero-order chi connectivity index (χ0) is 15.5. The zero-order valence-corrected chi connectivity index (χ0v) is 11.9. The number of aromatic nitrogens is 3. The van der Waals surface area contributed by atoms with Gasteiger partial charge in [-0.25, -0.2) is 9.97 Å². The predicted molar refractivity (Wildman–Crippen MR) is 83.7 cm³/mol. The van der Waals surface area contributed by atoms with Crippen molar-refractivity contribution in [2.24, 2.45) is 0 Å². The van der Waals surface area contributed by atoms with Crippen LogP contribution in [0.2, 0.25) is 0 Å². The van der Waals surface area contributed by atoms with E-state index in [1.165, 1.54) is 0 Å². The van der Waals surface area contributed by atoms with Crippen LogP contribution < -0.4 is 10.6 Å². The number of hydrogen-bond acceptors (Lipinski definition) is 5. The third-order valence-corrected chi connectivity index (χ3v) is 3.27. The molecule has 0 saturated carbocycles. The van der Waals surface area contributed by atoms with Crippen molar-refractivity contribution in [3.8, 4) is 11.3 Å². The van der Waals surface area contributed by atoms with Crippen LogP contribution in [0.15, 0.2) is 42.9 Å². The summed E-state index contributed by atoms with van der Waals surface area (Å²) in [7, 11) is 1.80. The Kier molecular flexibility index (Phi) is 3.71. The van der Waals surface area contributed by atoms with Crippen LogP contribution >= 0.6 is 0 Å². The van der Waals surface area contributed by atoms with Gasteiger partial charge >= 0.3 is 0 Å². The summed E-state index contributed by atoms with van der Waals surface area (Å²) in [5, 5.41) is 14.3. The fourth-order valence-corrected chi connectivity index (χ4v) is 2.23. The van der Waals surface area contributed by atoms with E-state index in [1.807, 2.05) is 22.7 Å². The number of carbonyl (C=O) groups is 1. The lowest BCUT2D eigenvalue weighted by Crippen LogP contribution is -2.15. The zero-order valence-electron chi connectivity index (χ0n) is 11.9. The molecule has 7 heteroatoms. The highest BCUT2D eigenvalue weighted by Gasteiger charge is 2.09. The highest BCUT2D eigenvalue weighted by Crippen LogP contribution is 2.24. The maximum atomic E-state index is 11.2. The van der Waals surface area contributed by atoms with Crippen LogP contribution in [-0.4, -0.2) is 39.0 Å². The highest BCUT2D eigenvalue weighted by atomic mass is 16.3. The van der Waals surface area contributed by atoms with Crippen molar-refractivity contribution in [1.29, 1.82) is 0 Å². The number of amides is 1. The molecule has 0 bridgehead atoms. The van der Waals surface area contributed by atoms with E-state index in [1.54, 1.807) is 31.6 Å². The van der Waals surface area contributed by atoms with Gasteiger partial charge in [0.1, 0.15) is 6.61 Å². The van der Waals surface area contributed by atoms with Gasteiger partial charge in [0.25, 0.3) is 0 Å². The second-order valence-electron chi connectivity index (χ2n) is 4.65. The summed E-state index contributed by atoms with van der Waals surface area (Å²) >= 11 is 0. The van der Waals surface area contributed by atoms with Crippen LogP contribution in [-0.2, 0) is 4.79 Å². The molecule has 7 nitrogen and oxygen atoms in total. The lowest BCUT2D eigenvalue weighted by Gasteiger charge is -2.06. The molecule has 22 heavy (non-hydrogen) atoms. The summed E-state index contributed by atoms with van der Waals surface area (Å²) in [5.41, 5.74) is 3.27. The van der Waals surface area contributed by atoms with Crippen LogP contribution in [0.1, 0.15) is 0 Å². The number of aliphatic hydroxyl groups excluding tert-OH is 1. The van der Waals surface area contributed by atoms with Gasteiger partial charge in [-0.05, 0) is 12.1 Å². The van der Waals surface area contributed by atoms with E-state index in [2.05, 4.69) is 20.6 Å². The van der Waals surface area contributed by atoms with Gasteiger partial charge in [-0.15, -0.1) is 0 Å². The van der Waals surface area contributed by atoms with Crippen molar-refractivity contribution in [1.82, 2.24) is 14.4 Å². The normalized spacial score (nSPS) is 10.6. The second-order valence-corrected chi connectivity index (χ2v) is 4.65. The number of hydrogen-bond donors (Lipinski definition) is 3. The van der Waals surface area contributed by atoms with E-state index in [0.29, 0.717) is 11.5 Å². The van der Waals surface area contributed by atoms with Crippen molar-refractivity contribution in [3.05, 3.63) is 42.9 Å². The Morgan fingerprint density at radius 2 is 2.05 bits per heavy atom. The number of nitrogens with one attached hydrogen (secondary N) is 2. The van der Waals surface area contributed by atoms with E-state index in [4.69, 9.17) is 5.11 Å². The fourth-order valence-electron chi connectivity index (χ4n) is 2.23. The standard InChI is InChI=1S/C15H15N5O2/c1-16-14-15-18-8-12(20(15)7-6-17-14)10-2-4-11(5-3-10)19-13(22)9-21/h2-8,21H,9H2,1H3,(H,16,17)(H,19,22). The van der Waals surface area contributed by atoms with Crippen LogP contribution in [0.3, 0.4) is 0 Å². The number of fused-ring (bicyclic) bond motifs is 1. The minimum atomic E-state index is -0.533. The Labute approximate surface area is 126 Å². The molecule has 3 N–H and O–H groups in total. The van der Waals surface area contributed by atoms with Gasteiger partial charge in [0.05, 0.1) is 11.9 Å². The van der Waals surface area contributed by atoms with Crippen molar-refractivity contribution >= 4 is 23.1 Å². The van der Waals surface area contributed by atoms with Crippen LogP contribution in [0.4, 0.5) is 11.5 Å². The third kappa shape index (κ3) is 2.49.